The van der Waals surface area contributed by atoms with Gasteiger partial charge < -0.3 is 19.5 Å². The van der Waals surface area contributed by atoms with E-state index in [0.29, 0.717) is 13.1 Å². The smallest absolute Gasteiger partial charge is 0.337 e. The van der Waals surface area contributed by atoms with Crippen LogP contribution in [0.5, 0.6) is 5.75 Å². The minimum Gasteiger partial charge on any atom is -0.495 e. The second kappa shape index (κ2) is 10.7. The zero-order chi connectivity index (χ0) is 24.9. The highest BCUT2D eigenvalue weighted by Gasteiger charge is 2.30. The highest BCUT2D eigenvalue weighted by atomic mass is 32.2. The number of carbonyl (C=O) groups is 3. The van der Waals surface area contributed by atoms with Gasteiger partial charge in [-0.25, -0.2) is 18.0 Å². The van der Waals surface area contributed by atoms with Crippen molar-refractivity contribution in [2.75, 3.05) is 39.7 Å². The Morgan fingerprint density at radius 1 is 0.824 bits per heavy atom. The zero-order valence-corrected chi connectivity index (χ0v) is 19.9. The monoisotopic (exact) mass is 490 g/mol. The van der Waals surface area contributed by atoms with E-state index in [2.05, 4.69) is 5.32 Å². The number of piperidine rings is 1. The van der Waals surface area contributed by atoms with Crippen LogP contribution >= 0.6 is 0 Å². The summed E-state index contributed by atoms with van der Waals surface area (Å²) in [5, 5.41) is 2.59. The Morgan fingerprint density at radius 2 is 1.41 bits per heavy atom. The fourth-order valence-electron chi connectivity index (χ4n) is 3.64. The molecule has 0 aliphatic carbocycles. The lowest BCUT2D eigenvalue weighted by Gasteiger charge is -2.26. The molecule has 3 rings (SSSR count). The molecule has 1 fully saturated rings. The molecule has 0 radical (unpaired) electrons. The van der Waals surface area contributed by atoms with Gasteiger partial charge in [0, 0.05) is 24.3 Å². The lowest BCUT2D eigenvalue weighted by atomic mass is 10.1. The van der Waals surface area contributed by atoms with Crippen LogP contribution in [0.4, 0.5) is 5.69 Å². The minimum absolute atomic E-state index is 0.0313. The Bertz CT molecular complexity index is 1170. The molecule has 1 saturated heterocycles. The summed E-state index contributed by atoms with van der Waals surface area (Å²) in [6, 6.07) is 8.05. The van der Waals surface area contributed by atoms with Crippen LogP contribution in [0.3, 0.4) is 0 Å². The third kappa shape index (κ3) is 5.37. The van der Waals surface area contributed by atoms with Crippen molar-refractivity contribution in [1.29, 1.82) is 0 Å². The van der Waals surface area contributed by atoms with E-state index in [0.717, 1.165) is 19.3 Å². The normalized spacial score (nSPS) is 14.2. The van der Waals surface area contributed by atoms with Crippen molar-refractivity contribution in [3.63, 3.8) is 0 Å². The van der Waals surface area contributed by atoms with Gasteiger partial charge in [-0.3, -0.25) is 4.79 Å². The Kier molecular flexibility index (Phi) is 7.90. The van der Waals surface area contributed by atoms with Crippen LogP contribution in [0.25, 0.3) is 0 Å². The summed E-state index contributed by atoms with van der Waals surface area (Å²) in [5.74, 6) is -1.93. The van der Waals surface area contributed by atoms with Crippen LogP contribution in [0.15, 0.2) is 41.3 Å². The molecule has 0 saturated carbocycles. The Labute approximate surface area is 197 Å². The van der Waals surface area contributed by atoms with Gasteiger partial charge in [-0.2, -0.15) is 4.31 Å². The number of methoxy groups -OCH3 is 3. The quantitative estimate of drug-likeness (QED) is 0.587. The molecule has 0 aromatic heterocycles. The maximum atomic E-state index is 13.2. The largest absolute Gasteiger partial charge is 0.495 e. The van der Waals surface area contributed by atoms with Crippen molar-refractivity contribution in [3.05, 3.63) is 53.1 Å². The summed E-state index contributed by atoms with van der Waals surface area (Å²) in [6.45, 7) is 0.803. The van der Waals surface area contributed by atoms with Crippen molar-refractivity contribution < 1.29 is 37.0 Å². The molecule has 34 heavy (non-hydrogen) atoms. The topological polar surface area (TPSA) is 128 Å². The lowest BCUT2D eigenvalue weighted by molar-refractivity contribution is 0.0598. The number of benzene rings is 2. The molecule has 10 nitrogen and oxygen atoms in total. The molecule has 1 N–H and O–H groups in total. The van der Waals surface area contributed by atoms with E-state index >= 15 is 0 Å². The first kappa shape index (κ1) is 25.2. The van der Waals surface area contributed by atoms with Crippen molar-refractivity contribution in [2.24, 2.45) is 0 Å². The Morgan fingerprint density at radius 3 is 1.94 bits per heavy atom. The molecule has 1 heterocycles. The summed E-state index contributed by atoms with van der Waals surface area (Å²) in [7, 11) is -0.137. The van der Waals surface area contributed by atoms with Gasteiger partial charge in [-0.15, -0.1) is 0 Å². The molecule has 182 valence electrons. The van der Waals surface area contributed by atoms with Crippen LogP contribution in [0.2, 0.25) is 0 Å². The van der Waals surface area contributed by atoms with Gasteiger partial charge in [0.15, 0.2) is 0 Å². The second-order valence-electron chi connectivity index (χ2n) is 7.57. The number of amides is 1. The number of hydrogen-bond acceptors (Lipinski definition) is 8. The molecular formula is C23H26N2O8S. The number of carbonyl (C=O) groups excluding carboxylic acids is 3. The number of rotatable bonds is 7. The first-order valence-corrected chi connectivity index (χ1v) is 12.0. The van der Waals surface area contributed by atoms with Gasteiger partial charge in [0.05, 0.1) is 32.5 Å². The molecule has 1 amide bonds. The summed E-state index contributed by atoms with van der Waals surface area (Å²) >= 11 is 0. The first-order valence-electron chi connectivity index (χ1n) is 10.5. The molecule has 2 aromatic rings. The first-order chi connectivity index (χ1) is 16.2. The second-order valence-corrected chi connectivity index (χ2v) is 9.47. The minimum atomic E-state index is -3.87. The average molecular weight is 491 g/mol. The molecule has 0 atom stereocenters. The summed E-state index contributed by atoms with van der Waals surface area (Å²) in [4.78, 5) is 36.8. The number of hydrogen-bond donors (Lipinski definition) is 1. The highest BCUT2D eigenvalue weighted by Crippen LogP contribution is 2.30. The van der Waals surface area contributed by atoms with E-state index in [-0.39, 0.29) is 33.0 Å². The fraction of sp³-hybridized carbons (Fsp3) is 0.348. The van der Waals surface area contributed by atoms with Gasteiger partial charge in [0.25, 0.3) is 5.91 Å². The van der Waals surface area contributed by atoms with Crippen molar-refractivity contribution in [2.45, 2.75) is 24.2 Å². The molecule has 0 spiro atoms. The standard InChI is InChI=1S/C23H26N2O8S/c1-31-19-8-7-15(14-20(19)34(29,30)25-9-5-4-6-10-25)21(26)24-18-12-16(22(27)32-2)11-17(13-18)23(28)33-3/h7-8,11-14H,4-6,9-10H2,1-3H3,(H,24,26). The van der Waals surface area contributed by atoms with Crippen LogP contribution in [0.1, 0.15) is 50.3 Å². The van der Waals surface area contributed by atoms with E-state index in [4.69, 9.17) is 14.2 Å². The number of nitrogens with one attached hydrogen (secondary N) is 1. The van der Waals surface area contributed by atoms with E-state index in [9.17, 15) is 22.8 Å². The Balaban J connectivity index is 1.96. The van der Waals surface area contributed by atoms with Gasteiger partial charge in [-0.1, -0.05) is 6.42 Å². The summed E-state index contributed by atoms with van der Waals surface area (Å²) in [5.41, 5.74) is 0.247. The van der Waals surface area contributed by atoms with Crippen LogP contribution in [0, 0.1) is 0 Å². The summed E-state index contributed by atoms with van der Waals surface area (Å²) < 4.78 is 42.5. The molecular weight excluding hydrogens is 464 g/mol. The third-order valence-corrected chi connectivity index (χ3v) is 7.31. The van der Waals surface area contributed by atoms with Gasteiger partial charge in [-0.05, 0) is 49.2 Å². The number of anilines is 1. The molecule has 0 bridgehead atoms. The van der Waals surface area contributed by atoms with Crippen molar-refractivity contribution in [3.8, 4) is 5.75 Å². The third-order valence-electron chi connectivity index (χ3n) is 5.39. The van der Waals surface area contributed by atoms with Crippen LogP contribution in [-0.4, -0.2) is 65.0 Å². The summed E-state index contributed by atoms with van der Waals surface area (Å²) in [6.07, 6.45) is 2.49. The van der Waals surface area contributed by atoms with E-state index in [1.807, 2.05) is 0 Å². The number of nitrogens with zero attached hydrogens (tertiary/aromatic N) is 1. The highest BCUT2D eigenvalue weighted by molar-refractivity contribution is 7.89. The molecule has 1 aliphatic heterocycles. The predicted octanol–water partition coefficient (Wildman–Crippen LogP) is 2.70. The molecule has 0 unspecified atom stereocenters. The van der Waals surface area contributed by atoms with Crippen LogP contribution < -0.4 is 10.1 Å². The van der Waals surface area contributed by atoms with Gasteiger partial charge >= 0.3 is 11.9 Å². The zero-order valence-electron chi connectivity index (χ0n) is 19.1. The van der Waals surface area contributed by atoms with Crippen molar-refractivity contribution in [1.82, 2.24) is 4.31 Å². The number of sulfonamides is 1. The van der Waals surface area contributed by atoms with Crippen molar-refractivity contribution >= 4 is 33.6 Å². The van der Waals surface area contributed by atoms with E-state index in [1.165, 1.54) is 62.0 Å². The van der Waals surface area contributed by atoms with Crippen LogP contribution in [-0.2, 0) is 19.5 Å². The predicted molar refractivity (Wildman–Crippen MR) is 123 cm³/mol. The SMILES string of the molecule is COC(=O)c1cc(NC(=O)c2ccc(OC)c(S(=O)(=O)N3CCCCC3)c2)cc(C(=O)OC)c1. The van der Waals surface area contributed by atoms with Gasteiger partial charge in [0.2, 0.25) is 10.0 Å². The average Bonchev–Trinajstić information content (AvgIpc) is 2.87. The number of ether oxygens (including phenoxy) is 3. The van der Waals surface area contributed by atoms with Gasteiger partial charge in [0.1, 0.15) is 10.6 Å². The van der Waals surface area contributed by atoms with E-state index < -0.39 is 27.9 Å². The molecule has 2 aromatic carbocycles. The lowest BCUT2D eigenvalue weighted by Crippen LogP contribution is -2.35. The fourth-order valence-corrected chi connectivity index (χ4v) is 5.34. The maximum absolute atomic E-state index is 13.2. The number of esters is 2. The van der Waals surface area contributed by atoms with E-state index in [1.54, 1.807) is 0 Å². The Hall–Kier alpha value is -3.44. The molecule has 1 aliphatic rings. The maximum Gasteiger partial charge on any atom is 0.337 e. The molecule has 11 heteroatoms.